The molecule has 0 saturated carbocycles. The molecule has 0 spiro atoms. The summed E-state index contributed by atoms with van der Waals surface area (Å²) in [5.41, 5.74) is 1.87. The van der Waals surface area contributed by atoms with Gasteiger partial charge in [-0.3, -0.25) is 0 Å². The Kier molecular flexibility index (Phi) is 3.47. The average Bonchev–Trinajstić information content (AvgIpc) is 2.46. The predicted molar refractivity (Wildman–Crippen MR) is 81.2 cm³/mol. The molecule has 3 aromatic rings. The van der Waals surface area contributed by atoms with Crippen molar-refractivity contribution in [2.24, 2.45) is 0 Å². The SMILES string of the molecule is COc1cccc(F)c1-c1nc(Cl)c2c(C)cccc2n1. The highest BCUT2D eigenvalue weighted by Gasteiger charge is 2.17. The summed E-state index contributed by atoms with van der Waals surface area (Å²) in [6.45, 7) is 1.93. The summed E-state index contributed by atoms with van der Waals surface area (Å²) in [7, 11) is 1.48. The van der Waals surface area contributed by atoms with E-state index in [1.807, 2.05) is 25.1 Å². The molecule has 0 aliphatic heterocycles. The van der Waals surface area contributed by atoms with Gasteiger partial charge in [0.15, 0.2) is 5.82 Å². The lowest BCUT2D eigenvalue weighted by atomic mass is 10.1. The van der Waals surface area contributed by atoms with Crippen LogP contribution in [0.2, 0.25) is 5.15 Å². The second-order valence-electron chi connectivity index (χ2n) is 4.62. The number of aromatic nitrogens is 2. The van der Waals surface area contributed by atoms with Crippen molar-refractivity contribution >= 4 is 22.5 Å². The molecule has 0 aliphatic rings. The maximum absolute atomic E-state index is 14.1. The number of methoxy groups -OCH3 is 1. The Hall–Kier alpha value is -2.20. The van der Waals surface area contributed by atoms with Crippen LogP contribution in [0.25, 0.3) is 22.3 Å². The molecule has 3 rings (SSSR count). The van der Waals surface area contributed by atoms with Crippen molar-refractivity contribution < 1.29 is 9.13 Å². The van der Waals surface area contributed by atoms with Gasteiger partial charge in [-0.2, -0.15) is 0 Å². The number of ether oxygens (including phenoxy) is 1. The third kappa shape index (κ3) is 2.32. The third-order valence-corrected chi connectivity index (χ3v) is 3.58. The first-order chi connectivity index (χ1) is 10.1. The fourth-order valence-corrected chi connectivity index (χ4v) is 2.63. The van der Waals surface area contributed by atoms with Crippen LogP contribution in [0.1, 0.15) is 5.56 Å². The van der Waals surface area contributed by atoms with Crippen molar-refractivity contribution in [2.45, 2.75) is 6.92 Å². The summed E-state index contributed by atoms with van der Waals surface area (Å²) in [6, 6.07) is 10.2. The van der Waals surface area contributed by atoms with Crippen molar-refractivity contribution in [2.75, 3.05) is 7.11 Å². The van der Waals surface area contributed by atoms with Crippen LogP contribution in [0.15, 0.2) is 36.4 Å². The Morgan fingerprint density at radius 2 is 1.86 bits per heavy atom. The fourth-order valence-electron chi connectivity index (χ4n) is 2.31. The van der Waals surface area contributed by atoms with Crippen molar-refractivity contribution in [1.82, 2.24) is 9.97 Å². The normalized spacial score (nSPS) is 10.9. The minimum atomic E-state index is -0.447. The number of nitrogens with zero attached hydrogens (tertiary/aromatic N) is 2. The standard InChI is InChI=1S/C16H12ClFN2O/c1-9-5-3-7-11-13(9)15(17)20-16(19-11)14-10(18)6-4-8-12(14)21-2/h3-8H,1-2H3. The molecule has 0 amide bonds. The van der Waals surface area contributed by atoms with E-state index >= 15 is 0 Å². The van der Waals surface area contributed by atoms with E-state index in [1.165, 1.54) is 13.2 Å². The lowest BCUT2D eigenvalue weighted by molar-refractivity contribution is 0.413. The molecule has 0 bridgehead atoms. The van der Waals surface area contributed by atoms with Crippen LogP contribution in [0.4, 0.5) is 4.39 Å². The van der Waals surface area contributed by atoms with Gasteiger partial charge in [0.05, 0.1) is 18.2 Å². The Bertz CT molecular complexity index is 836. The van der Waals surface area contributed by atoms with Crippen LogP contribution in [-0.4, -0.2) is 17.1 Å². The van der Waals surface area contributed by atoms with E-state index in [9.17, 15) is 4.39 Å². The van der Waals surface area contributed by atoms with Gasteiger partial charge < -0.3 is 4.74 Å². The molecule has 3 nitrogen and oxygen atoms in total. The van der Waals surface area contributed by atoms with Gasteiger partial charge in [0, 0.05) is 5.39 Å². The van der Waals surface area contributed by atoms with Crippen LogP contribution < -0.4 is 4.74 Å². The van der Waals surface area contributed by atoms with Gasteiger partial charge in [0.25, 0.3) is 0 Å². The first-order valence-corrected chi connectivity index (χ1v) is 6.75. The molecule has 0 N–H and O–H groups in total. The minimum absolute atomic E-state index is 0.213. The molecule has 0 saturated heterocycles. The van der Waals surface area contributed by atoms with E-state index in [4.69, 9.17) is 16.3 Å². The molecule has 21 heavy (non-hydrogen) atoms. The van der Waals surface area contributed by atoms with E-state index < -0.39 is 5.82 Å². The maximum Gasteiger partial charge on any atom is 0.168 e. The van der Waals surface area contributed by atoms with Gasteiger partial charge in [-0.1, -0.05) is 29.8 Å². The summed E-state index contributed by atoms with van der Waals surface area (Å²) in [5.74, 6) is 0.142. The molecule has 0 fully saturated rings. The first kappa shape index (κ1) is 13.8. The molecule has 0 radical (unpaired) electrons. The number of hydrogen-bond donors (Lipinski definition) is 0. The summed E-state index contributed by atoms with van der Waals surface area (Å²) >= 11 is 6.25. The van der Waals surface area contributed by atoms with Gasteiger partial charge in [-0.25, -0.2) is 14.4 Å². The van der Waals surface area contributed by atoms with E-state index in [0.29, 0.717) is 16.4 Å². The van der Waals surface area contributed by atoms with Gasteiger partial charge in [0.2, 0.25) is 0 Å². The average molecular weight is 303 g/mol. The zero-order valence-electron chi connectivity index (χ0n) is 11.5. The number of halogens is 2. The summed E-state index contributed by atoms with van der Waals surface area (Å²) < 4.78 is 19.3. The van der Waals surface area contributed by atoms with Crippen LogP contribution >= 0.6 is 11.6 Å². The highest BCUT2D eigenvalue weighted by atomic mass is 35.5. The molecule has 5 heteroatoms. The Morgan fingerprint density at radius 3 is 2.62 bits per heavy atom. The lowest BCUT2D eigenvalue weighted by Gasteiger charge is -2.10. The van der Waals surface area contributed by atoms with Crippen LogP contribution in [0.5, 0.6) is 5.75 Å². The van der Waals surface area contributed by atoms with Crippen LogP contribution in [0, 0.1) is 12.7 Å². The maximum atomic E-state index is 14.1. The van der Waals surface area contributed by atoms with Gasteiger partial charge in [0.1, 0.15) is 16.7 Å². The topological polar surface area (TPSA) is 35.0 Å². The second-order valence-corrected chi connectivity index (χ2v) is 4.98. The highest BCUT2D eigenvalue weighted by Crippen LogP contribution is 2.33. The molecule has 0 aliphatic carbocycles. The molecule has 1 heterocycles. The molecule has 1 aromatic heterocycles. The molecular weight excluding hydrogens is 291 g/mol. The number of benzene rings is 2. The molecule has 106 valence electrons. The van der Waals surface area contributed by atoms with Gasteiger partial charge in [-0.05, 0) is 30.7 Å². The minimum Gasteiger partial charge on any atom is -0.496 e. The molecule has 2 aromatic carbocycles. The largest absolute Gasteiger partial charge is 0.496 e. The molecule has 0 unspecified atom stereocenters. The quantitative estimate of drug-likeness (QED) is 0.658. The first-order valence-electron chi connectivity index (χ1n) is 6.37. The van der Waals surface area contributed by atoms with Crippen molar-refractivity contribution in [1.29, 1.82) is 0 Å². The summed E-state index contributed by atoms with van der Waals surface area (Å²) in [6.07, 6.45) is 0. The summed E-state index contributed by atoms with van der Waals surface area (Å²) in [5, 5.41) is 1.08. The predicted octanol–water partition coefficient (Wildman–Crippen LogP) is 4.41. The Balaban J connectivity index is 2.33. The Labute approximate surface area is 126 Å². The number of rotatable bonds is 2. The van der Waals surface area contributed by atoms with E-state index in [0.717, 1.165) is 10.9 Å². The second kappa shape index (κ2) is 5.30. The summed E-state index contributed by atoms with van der Waals surface area (Å²) in [4.78, 5) is 8.66. The van der Waals surface area contributed by atoms with Crippen molar-refractivity contribution in [3.63, 3.8) is 0 Å². The number of aryl methyl sites for hydroxylation is 1. The zero-order chi connectivity index (χ0) is 15.0. The van der Waals surface area contributed by atoms with Crippen LogP contribution in [-0.2, 0) is 0 Å². The third-order valence-electron chi connectivity index (χ3n) is 3.31. The zero-order valence-corrected chi connectivity index (χ0v) is 12.3. The number of fused-ring (bicyclic) bond motifs is 1. The molecule has 0 atom stereocenters. The van der Waals surface area contributed by atoms with Crippen LogP contribution in [0.3, 0.4) is 0 Å². The van der Waals surface area contributed by atoms with E-state index in [-0.39, 0.29) is 11.4 Å². The fraction of sp³-hybridized carbons (Fsp3) is 0.125. The monoisotopic (exact) mass is 302 g/mol. The highest BCUT2D eigenvalue weighted by molar-refractivity contribution is 6.34. The smallest absolute Gasteiger partial charge is 0.168 e. The molecular formula is C16H12ClFN2O. The lowest BCUT2D eigenvalue weighted by Crippen LogP contribution is -1.98. The van der Waals surface area contributed by atoms with Crippen molar-refractivity contribution in [3.8, 4) is 17.1 Å². The van der Waals surface area contributed by atoms with E-state index in [2.05, 4.69) is 9.97 Å². The van der Waals surface area contributed by atoms with Crippen molar-refractivity contribution in [3.05, 3.63) is 52.9 Å². The van der Waals surface area contributed by atoms with E-state index in [1.54, 1.807) is 12.1 Å². The Morgan fingerprint density at radius 1 is 1.10 bits per heavy atom. The van der Waals surface area contributed by atoms with Gasteiger partial charge in [-0.15, -0.1) is 0 Å². The number of hydrogen-bond acceptors (Lipinski definition) is 3. The van der Waals surface area contributed by atoms with Gasteiger partial charge >= 0.3 is 0 Å².